The summed E-state index contributed by atoms with van der Waals surface area (Å²) in [6.07, 6.45) is 1.09. The maximum Gasteiger partial charge on any atom is 0.257 e. The molecule has 1 amide bonds. The Kier molecular flexibility index (Phi) is 5.17. The fourth-order valence-corrected chi connectivity index (χ4v) is 4.68. The van der Waals surface area contributed by atoms with Gasteiger partial charge in [0.15, 0.2) is 15.7 Å². The van der Waals surface area contributed by atoms with Crippen molar-refractivity contribution >= 4 is 48.3 Å². The fourth-order valence-electron chi connectivity index (χ4n) is 2.10. The summed E-state index contributed by atoms with van der Waals surface area (Å²) in [5, 5.41) is 2.88. The highest BCUT2D eigenvalue weighted by Gasteiger charge is 2.16. The highest BCUT2D eigenvalue weighted by molar-refractivity contribution is 9.10. The zero-order valence-electron chi connectivity index (χ0n) is 13.2. The normalized spacial score (nSPS) is 11.3. The largest absolute Gasteiger partial charge is 0.297 e. The van der Waals surface area contributed by atoms with Gasteiger partial charge in [0.25, 0.3) is 5.91 Å². The van der Waals surface area contributed by atoms with Gasteiger partial charge < -0.3 is 0 Å². The number of halogens is 2. The number of carbonyl (C=O) groups excluding carboxylic acids is 1. The minimum absolute atomic E-state index is 0.101. The predicted molar refractivity (Wildman–Crippen MR) is 101 cm³/mol. The molecular formula is C16H11BrFN3O3S2. The first kappa shape index (κ1) is 18.6. The smallest absolute Gasteiger partial charge is 0.257 e. The summed E-state index contributed by atoms with van der Waals surface area (Å²) in [5.41, 5.74) is 0.895. The van der Waals surface area contributed by atoms with Gasteiger partial charge in [-0.15, -0.1) is 0 Å². The average Bonchev–Trinajstić information content (AvgIpc) is 3.02. The third kappa shape index (κ3) is 4.14. The second-order valence-corrected chi connectivity index (χ2v) is 8.89. The second-order valence-electron chi connectivity index (χ2n) is 5.30. The highest BCUT2D eigenvalue weighted by Crippen LogP contribution is 2.25. The summed E-state index contributed by atoms with van der Waals surface area (Å²) in [4.78, 5) is 16.6. The Balaban J connectivity index is 1.78. The molecule has 0 saturated carbocycles. The third-order valence-electron chi connectivity index (χ3n) is 3.34. The average molecular weight is 456 g/mol. The van der Waals surface area contributed by atoms with E-state index in [1.807, 2.05) is 0 Å². The van der Waals surface area contributed by atoms with Crippen molar-refractivity contribution in [3.05, 3.63) is 58.3 Å². The molecular weight excluding hydrogens is 445 g/mol. The number of hydrogen-bond acceptors (Lipinski definition) is 6. The molecule has 134 valence electrons. The number of nitrogens with zero attached hydrogens (tertiary/aromatic N) is 2. The predicted octanol–water partition coefficient (Wildman–Crippen LogP) is 3.76. The van der Waals surface area contributed by atoms with Gasteiger partial charge in [0, 0.05) is 33.4 Å². The number of aromatic nitrogens is 2. The summed E-state index contributed by atoms with van der Waals surface area (Å²) >= 11 is 4.15. The summed E-state index contributed by atoms with van der Waals surface area (Å²) in [5.74, 6) is -0.438. The first-order chi connectivity index (χ1) is 12.2. The SMILES string of the molecule is CS(=O)(=O)c1ccc(C(=O)Nc2nc(-c3ccc(F)cc3)ns2)cc1Br. The number of amides is 1. The van der Waals surface area contributed by atoms with Gasteiger partial charge >= 0.3 is 0 Å². The van der Waals surface area contributed by atoms with E-state index in [1.54, 1.807) is 12.1 Å². The number of nitrogens with one attached hydrogen (secondary N) is 1. The van der Waals surface area contributed by atoms with E-state index >= 15 is 0 Å². The van der Waals surface area contributed by atoms with Crippen LogP contribution in [0.15, 0.2) is 51.8 Å². The van der Waals surface area contributed by atoms with E-state index in [9.17, 15) is 17.6 Å². The highest BCUT2D eigenvalue weighted by atomic mass is 79.9. The lowest BCUT2D eigenvalue weighted by Crippen LogP contribution is -2.12. The summed E-state index contributed by atoms with van der Waals surface area (Å²) in [6, 6.07) is 9.89. The van der Waals surface area contributed by atoms with Gasteiger partial charge in [0.05, 0.1) is 4.90 Å². The summed E-state index contributed by atoms with van der Waals surface area (Å²) < 4.78 is 40.6. The molecule has 0 radical (unpaired) electrons. The van der Waals surface area contributed by atoms with Crippen LogP contribution in [0.3, 0.4) is 0 Å². The third-order valence-corrected chi connectivity index (χ3v) is 6.05. The number of hydrogen-bond donors (Lipinski definition) is 1. The first-order valence-electron chi connectivity index (χ1n) is 7.14. The minimum atomic E-state index is -3.39. The number of carbonyl (C=O) groups is 1. The monoisotopic (exact) mass is 455 g/mol. The van der Waals surface area contributed by atoms with Crippen molar-refractivity contribution in [2.45, 2.75) is 4.90 Å². The van der Waals surface area contributed by atoms with Crippen LogP contribution in [0.25, 0.3) is 11.4 Å². The van der Waals surface area contributed by atoms with Crippen molar-refractivity contribution in [1.29, 1.82) is 0 Å². The van der Waals surface area contributed by atoms with Gasteiger partial charge in [-0.05, 0) is 58.4 Å². The van der Waals surface area contributed by atoms with Crippen LogP contribution in [0.5, 0.6) is 0 Å². The fraction of sp³-hybridized carbons (Fsp3) is 0.0625. The molecule has 0 spiro atoms. The van der Waals surface area contributed by atoms with Gasteiger partial charge in [0.1, 0.15) is 5.82 Å². The van der Waals surface area contributed by atoms with Crippen LogP contribution in [0.4, 0.5) is 9.52 Å². The lowest BCUT2D eigenvalue weighted by atomic mass is 10.2. The standard InChI is InChI=1S/C16H11BrFN3O3S2/c1-26(23,24)13-7-4-10(8-12(13)17)15(22)20-16-19-14(21-25-16)9-2-5-11(18)6-3-9/h2-8H,1H3,(H,19,20,21,22). The number of anilines is 1. The Labute approximate surface area is 161 Å². The molecule has 3 rings (SSSR count). The Morgan fingerprint density at radius 1 is 1.19 bits per heavy atom. The summed E-state index contributed by atoms with van der Waals surface area (Å²) in [6.45, 7) is 0. The van der Waals surface area contributed by atoms with Crippen LogP contribution < -0.4 is 5.32 Å². The Bertz CT molecular complexity index is 1080. The van der Waals surface area contributed by atoms with E-state index in [-0.39, 0.29) is 21.4 Å². The van der Waals surface area contributed by atoms with Crippen molar-refractivity contribution in [2.75, 3.05) is 11.6 Å². The minimum Gasteiger partial charge on any atom is -0.297 e. The van der Waals surface area contributed by atoms with Crippen LogP contribution in [-0.4, -0.2) is 29.9 Å². The molecule has 0 fully saturated rings. The molecule has 3 aromatic rings. The van der Waals surface area contributed by atoms with E-state index in [4.69, 9.17) is 0 Å². The molecule has 0 bridgehead atoms. The topological polar surface area (TPSA) is 89.0 Å². The lowest BCUT2D eigenvalue weighted by Gasteiger charge is -2.05. The van der Waals surface area contributed by atoms with E-state index in [2.05, 4.69) is 30.6 Å². The Hall–Kier alpha value is -2.17. The molecule has 1 N–H and O–H groups in total. The van der Waals surface area contributed by atoms with E-state index < -0.39 is 15.7 Å². The van der Waals surface area contributed by atoms with Crippen molar-refractivity contribution < 1.29 is 17.6 Å². The molecule has 0 saturated heterocycles. The van der Waals surface area contributed by atoms with Crippen molar-refractivity contribution in [3.63, 3.8) is 0 Å². The molecule has 0 aliphatic rings. The van der Waals surface area contributed by atoms with Gasteiger partial charge in [-0.2, -0.15) is 9.36 Å². The Morgan fingerprint density at radius 2 is 1.88 bits per heavy atom. The van der Waals surface area contributed by atoms with Gasteiger partial charge in [0.2, 0.25) is 5.13 Å². The van der Waals surface area contributed by atoms with Crippen LogP contribution in [0.1, 0.15) is 10.4 Å². The molecule has 26 heavy (non-hydrogen) atoms. The quantitative estimate of drug-likeness (QED) is 0.646. The molecule has 1 heterocycles. The molecule has 1 aromatic heterocycles. The molecule has 0 aliphatic heterocycles. The first-order valence-corrected chi connectivity index (χ1v) is 10.6. The van der Waals surface area contributed by atoms with E-state index in [0.717, 1.165) is 17.8 Å². The number of sulfone groups is 1. The second kappa shape index (κ2) is 7.22. The zero-order valence-corrected chi connectivity index (χ0v) is 16.5. The van der Waals surface area contributed by atoms with Crippen LogP contribution in [-0.2, 0) is 9.84 Å². The number of benzene rings is 2. The molecule has 0 unspecified atom stereocenters. The molecule has 0 atom stereocenters. The van der Waals surface area contributed by atoms with E-state index in [1.165, 1.54) is 30.3 Å². The molecule has 2 aromatic carbocycles. The maximum atomic E-state index is 13.0. The van der Waals surface area contributed by atoms with Gasteiger partial charge in [-0.25, -0.2) is 12.8 Å². The van der Waals surface area contributed by atoms with Crippen molar-refractivity contribution in [3.8, 4) is 11.4 Å². The van der Waals surface area contributed by atoms with Gasteiger partial charge in [-0.3, -0.25) is 10.1 Å². The molecule has 0 aliphatic carbocycles. The zero-order chi connectivity index (χ0) is 18.9. The maximum absolute atomic E-state index is 13.0. The molecule has 6 nitrogen and oxygen atoms in total. The van der Waals surface area contributed by atoms with Crippen LogP contribution in [0, 0.1) is 5.82 Å². The lowest BCUT2D eigenvalue weighted by molar-refractivity contribution is 0.102. The Morgan fingerprint density at radius 3 is 2.50 bits per heavy atom. The van der Waals surface area contributed by atoms with Crippen molar-refractivity contribution in [1.82, 2.24) is 9.36 Å². The van der Waals surface area contributed by atoms with Crippen molar-refractivity contribution in [2.24, 2.45) is 0 Å². The van der Waals surface area contributed by atoms with Crippen LogP contribution >= 0.6 is 27.5 Å². The van der Waals surface area contributed by atoms with Crippen LogP contribution in [0.2, 0.25) is 0 Å². The van der Waals surface area contributed by atoms with E-state index in [0.29, 0.717) is 15.9 Å². The number of rotatable bonds is 4. The summed E-state index contributed by atoms with van der Waals surface area (Å²) in [7, 11) is -3.39. The van der Waals surface area contributed by atoms with Gasteiger partial charge in [-0.1, -0.05) is 0 Å². The molecule has 10 heteroatoms.